The van der Waals surface area contributed by atoms with Crippen molar-refractivity contribution in [3.8, 4) is 17.7 Å². The molecule has 200 valence electrons. The fraction of sp³-hybridized carbons (Fsp3) is 0.321. The summed E-state index contributed by atoms with van der Waals surface area (Å²) in [6.45, 7) is 3.85. The van der Waals surface area contributed by atoms with Gasteiger partial charge in [-0.3, -0.25) is 4.79 Å². The molecule has 3 rings (SSSR count). The molecule has 1 amide bonds. The van der Waals surface area contributed by atoms with E-state index >= 15 is 0 Å². The normalized spacial score (nSPS) is 13.2. The van der Waals surface area contributed by atoms with Crippen molar-refractivity contribution >= 4 is 5.91 Å². The van der Waals surface area contributed by atoms with Gasteiger partial charge in [0, 0.05) is 24.2 Å². The molecule has 1 N–H and O–H groups in total. The molecule has 0 aliphatic rings. The second-order valence-electron chi connectivity index (χ2n) is 9.20. The fourth-order valence-electron chi connectivity index (χ4n) is 3.86. The average Bonchev–Trinajstić information content (AvgIpc) is 2.88. The van der Waals surface area contributed by atoms with Crippen molar-refractivity contribution in [3.63, 3.8) is 0 Å². The van der Waals surface area contributed by atoms with Gasteiger partial charge in [-0.25, -0.2) is 9.37 Å². The summed E-state index contributed by atoms with van der Waals surface area (Å²) in [6, 6.07) is 17.5. The minimum atomic E-state index is -4.54. The maximum Gasteiger partial charge on any atom is 0.417 e. The highest BCUT2D eigenvalue weighted by atomic mass is 19.4. The van der Waals surface area contributed by atoms with E-state index in [9.17, 15) is 27.6 Å². The van der Waals surface area contributed by atoms with Crippen molar-refractivity contribution in [3.05, 3.63) is 89.1 Å². The minimum absolute atomic E-state index is 0.125. The third kappa shape index (κ3) is 7.44. The van der Waals surface area contributed by atoms with Crippen LogP contribution in [0.2, 0.25) is 0 Å². The Morgan fingerprint density at radius 3 is 2.39 bits per heavy atom. The Balaban J connectivity index is 1.79. The summed E-state index contributed by atoms with van der Waals surface area (Å²) < 4.78 is 61.4. The summed E-state index contributed by atoms with van der Waals surface area (Å²) >= 11 is 0. The highest BCUT2D eigenvalue weighted by molar-refractivity contribution is 5.85. The Hall–Kier alpha value is -4.13. The predicted octanol–water partition coefficient (Wildman–Crippen LogP) is 5.97. The van der Waals surface area contributed by atoms with Crippen molar-refractivity contribution in [2.45, 2.75) is 50.9 Å². The first-order valence-electron chi connectivity index (χ1n) is 11.7. The summed E-state index contributed by atoms with van der Waals surface area (Å²) in [4.78, 5) is 16.9. The van der Waals surface area contributed by atoms with Gasteiger partial charge in [0.1, 0.15) is 5.75 Å². The van der Waals surface area contributed by atoms with E-state index in [1.165, 1.54) is 13.8 Å². The lowest BCUT2D eigenvalue weighted by Gasteiger charge is -2.30. The van der Waals surface area contributed by atoms with Gasteiger partial charge in [-0.15, -0.1) is 0 Å². The molecule has 0 aliphatic carbocycles. The molecule has 0 radical (unpaired) electrons. The number of benzene rings is 2. The van der Waals surface area contributed by atoms with Crippen LogP contribution in [0.3, 0.4) is 0 Å². The molecule has 0 spiro atoms. The van der Waals surface area contributed by atoms with E-state index in [0.29, 0.717) is 23.9 Å². The van der Waals surface area contributed by atoms with Crippen LogP contribution in [0.4, 0.5) is 17.6 Å². The van der Waals surface area contributed by atoms with Crippen molar-refractivity contribution in [2.24, 2.45) is 0 Å². The van der Waals surface area contributed by atoms with Gasteiger partial charge in [-0.1, -0.05) is 24.3 Å². The van der Waals surface area contributed by atoms with Gasteiger partial charge in [-0.05, 0) is 68.7 Å². The van der Waals surface area contributed by atoms with Crippen LogP contribution in [-0.4, -0.2) is 29.4 Å². The number of nitrogens with zero attached hydrogens (tertiary/aromatic N) is 2. The van der Waals surface area contributed by atoms with Crippen LogP contribution in [0.25, 0.3) is 0 Å². The largest absolute Gasteiger partial charge is 0.463 e. The number of hydrogen-bond donors (Lipinski definition) is 1. The second kappa shape index (κ2) is 11.9. The Labute approximate surface area is 218 Å². The molecular formula is C28H27F4N3O3. The molecule has 0 saturated carbocycles. The lowest BCUT2D eigenvalue weighted by atomic mass is 9.85. The van der Waals surface area contributed by atoms with E-state index < -0.39 is 36.2 Å². The lowest BCUT2D eigenvalue weighted by Crippen LogP contribution is -2.51. The van der Waals surface area contributed by atoms with Crippen molar-refractivity contribution in [1.29, 1.82) is 5.26 Å². The lowest BCUT2D eigenvalue weighted by molar-refractivity contribution is -0.138. The van der Waals surface area contributed by atoms with Gasteiger partial charge >= 0.3 is 6.18 Å². The SMILES string of the molecule is C[C@H](NC(=O)C(C)(C)Oc1ccc(C(F)(F)F)cn1)[C@@H](Cc1ccc(OCF)cc1)c1cccc(C#N)c1. The number of halogens is 4. The van der Waals surface area contributed by atoms with Crippen LogP contribution < -0.4 is 14.8 Å². The van der Waals surface area contributed by atoms with E-state index in [1.807, 2.05) is 13.0 Å². The molecule has 10 heteroatoms. The van der Waals surface area contributed by atoms with Gasteiger partial charge in [0.05, 0.1) is 17.2 Å². The fourth-order valence-corrected chi connectivity index (χ4v) is 3.86. The Morgan fingerprint density at radius 1 is 1.11 bits per heavy atom. The average molecular weight is 530 g/mol. The topological polar surface area (TPSA) is 84.2 Å². The molecule has 3 aromatic rings. The zero-order valence-electron chi connectivity index (χ0n) is 21.1. The molecule has 6 nitrogen and oxygen atoms in total. The molecule has 1 heterocycles. The molecule has 0 saturated heterocycles. The number of rotatable bonds is 10. The van der Waals surface area contributed by atoms with Gasteiger partial charge in [-0.2, -0.15) is 18.4 Å². The molecular weight excluding hydrogens is 502 g/mol. The smallest absolute Gasteiger partial charge is 0.417 e. The number of carbonyl (C=O) groups excluding carboxylic acids is 1. The maximum absolute atomic E-state index is 13.2. The number of amides is 1. The Kier molecular flexibility index (Phi) is 8.94. The zero-order chi connectivity index (χ0) is 27.9. The number of ether oxygens (including phenoxy) is 2. The van der Waals surface area contributed by atoms with Crippen molar-refractivity contribution in [2.75, 3.05) is 6.86 Å². The Bertz CT molecular complexity index is 1270. The molecule has 2 aromatic carbocycles. The zero-order valence-corrected chi connectivity index (χ0v) is 21.1. The summed E-state index contributed by atoms with van der Waals surface area (Å²) in [5.74, 6) is -0.504. The van der Waals surface area contributed by atoms with E-state index in [1.54, 1.807) is 42.5 Å². The standard InChI is InChI=1S/C28H27F4N3O3/c1-18(35-26(36)27(2,3)38-25-12-9-22(16-34-25)28(30,31)32)24(21-6-4-5-20(13-21)15-33)14-19-7-10-23(11-8-19)37-17-29/h4-13,16,18,24H,14,17H2,1-3H3,(H,35,36)/t18-,24+/m0/s1. The first kappa shape index (κ1) is 28.4. The molecule has 0 aliphatic heterocycles. The quantitative estimate of drug-likeness (QED) is 0.328. The highest BCUT2D eigenvalue weighted by Gasteiger charge is 2.34. The number of pyridine rings is 1. The van der Waals surface area contributed by atoms with E-state index in [4.69, 9.17) is 9.47 Å². The van der Waals surface area contributed by atoms with Crippen molar-refractivity contribution < 1.29 is 31.8 Å². The summed E-state index contributed by atoms with van der Waals surface area (Å²) in [7, 11) is 0. The van der Waals surface area contributed by atoms with Gasteiger partial charge in [0.25, 0.3) is 5.91 Å². The second-order valence-corrected chi connectivity index (χ2v) is 9.20. The number of carbonyl (C=O) groups is 1. The van der Waals surface area contributed by atoms with E-state index in [2.05, 4.69) is 16.4 Å². The Morgan fingerprint density at radius 2 is 1.82 bits per heavy atom. The molecule has 0 unspecified atom stereocenters. The van der Waals surface area contributed by atoms with E-state index in [-0.39, 0.29) is 11.8 Å². The number of nitriles is 1. The first-order chi connectivity index (χ1) is 17.9. The van der Waals surface area contributed by atoms with E-state index in [0.717, 1.165) is 23.3 Å². The number of nitrogens with one attached hydrogen (secondary N) is 1. The van der Waals surface area contributed by atoms with Gasteiger partial charge < -0.3 is 14.8 Å². The predicted molar refractivity (Wildman–Crippen MR) is 132 cm³/mol. The molecule has 0 bridgehead atoms. The molecule has 38 heavy (non-hydrogen) atoms. The van der Waals surface area contributed by atoms with Gasteiger partial charge in [0.15, 0.2) is 5.60 Å². The summed E-state index contributed by atoms with van der Waals surface area (Å²) in [5.41, 5.74) is -0.189. The third-order valence-electron chi connectivity index (χ3n) is 5.98. The van der Waals surface area contributed by atoms with Crippen LogP contribution in [0.15, 0.2) is 66.9 Å². The number of alkyl halides is 4. The molecule has 0 fully saturated rings. The van der Waals surface area contributed by atoms with Crippen LogP contribution in [0.5, 0.6) is 11.6 Å². The number of hydrogen-bond acceptors (Lipinski definition) is 5. The maximum atomic E-state index is 13.2. The van der Waals surface area contributed by atoms with Gasteiger partial charge in [0.2, 0.25) is 12.7 Å². The van der Waals surface area contributed by atoms with Crippen LogP contribution in [0, 0.1) is 11.3 Å². The summed E-state index contributed by atoms with van der Waals surface area (Å²) in [6.07, 6.45) is -3.41. The van der Waals surface area contributed by atoms with Crippen LogP contribution in [0.1, 0.15) is 48.9 Å². The van der Waals surface area contributed by atoms with Crippen LogP contribution >= 0.6 is 0 Å². The number of aromatic nitrogens is 1. The first-order valence-corrected chi connectivity index (χ1v) is 11.7. The van der Waals surface area contributed by atoms with Crippen LogP contribution in [-0.2, 0) is 17.4 Å². The summed E-state index contributed by atoms with van der Waals surface area (Å²) in [5, 5.41) is 12.3. The molecule has 2 atom stereocenters. The molecule has 1 aromatic heterocycles. The monoisotopic (exact) mass is 529 g/mol. The highest BCUT2D eigenvalue weighted by Crippen LogP contribution is 2.30. The van der Waals surface area contributed by atoms with Crippen molar-refractivity contribution in [1.82, 2.24) is 10.3 Å². The minimum Gasteiger partial charge on any atom is -0.463 e. The third-order valence-corrected chi connectivity index (χ3v) is 5.98.